The van der Waals surface area contributed by atoms with Gasteiger partial charge in [-0.15, -0.1) is 0 Å². The molecular formula is C9H9NO. The first-order valence-electron chi connectivity index (χ1n) is 3.93. The first kappa shape index (κ1) is 5.24. The van der Waals surface area contributed by atoms with Crippen LogP contribution in [0.4, 0.5) is 0 Å². The van der Waals surface area contributed by atoms with E-state index in [1.165, 1.54) is 0 Å². The van der Waals surface area contributed by atoms with E-state index in [2.05, 4.69) is 4.98 Å². The van der Waals surface area contributed by atoms with Gasteiger partial charge in [-0.3, -0.25) is 0 Å². The number of hydrogen-bond donors (Lipinski definition) is 1. The van der Waals surface area contributed by atoms with Crippen LogP contribution in [0.3, 0.4) is 0 Å². The molecule has 0 amide bonds. The van der Waals surface area contributed by atoms with Gasteiger partial charge in [-0.05, 0) is 24.2 Å². The summed E-state index contributed by atoms with van der Waals surface area (Å²) in [6.45, 7) is 0. The van der Waals surface area contributed by atoms with E-state index >= 15 is 0 Å². The lowest BCUT2D eigenvalue weighted by Gasteiger charge is -1.97. The molecule has 1 N–H and O–H groups in total. The van der Waals surface area contributed by atoms with Crippen molar-refractivity contribution >= 4 is 10.9 Å². The molecule has 2 heteroatoms. The van der Waals surface area contributed by atoms with Crippen molar-refractivity contribution in [2.75, 3.05) is 7.11 Å². The number of fused-ring (bicyclic) bond motifs is 1. The second kappa shape index (κ2) is 2.31. The van der Waals surface area contributed by atoms with Gasteiger partial charge in [0.05, 0.1) is 8.48 Å². The minimum atomic E-state index is 0.504. The third-order valence-corrected chi connectivity index (χ3v) is 1.68. The van der Waals surface area contributed by atoms with E-state index in [-0.39, 0.29) is 0 Å². The number of H-pyrrole nitrogens is 1. The lowest BCUT2D eigenvalue weighted by molar-refractivity contribution is 0.415. The zero-order valence-electron chi connectivity index (χ0n) is 7.22. The Kier molecular flexibility index (Phi) is 1.10. The van der Waals surface area contributed by atoms with Crippen LogP contribution in [0, 0.1) is 0 Å². The van der Waals surface area contributed by atoms with Crippen molar-refractivity contribution in [3.05, 3.63) is 30.4 Å². The zero-order chi connectivity index (χ0) is 8.55. The monoisotopic (exact) mass is 148 g/mol. The third kappa shape index (κ3) is 0.963. The van der Waals surface area contributed by atoms with Crippen molar-refractivity contribution in [3.8, 4) is 5.75 Å². The van der Waals surface area contributed by atoms with Crippen molar-refractivity contribution < 1.29 is 6.11 Å². The number of methoxy groups -OCH3 is 1. The van der Waals surface area contributed by atoms with Crippen molar-refractivity contribution in [2.45, 2.75) is 0 Å². The Morgan fingerprint density at radius 1 is 1.55 bits per heavy atom. The number of ether oxygens (including phenoxy) is 1. The number of nitrogens with one attached hydrogen (secondary N) is 1. The molecule has 0 saturated carbocycles. The van der Waals surface area contributed by atoms with E-state index < -0.39 is 0 Å². The molecule has 11 heavy (non-hydrogen) atoms. The lowest BCUT2D eigenvalue weighted by atomic mass is 10.2. The smallest absolute Gasteiger partial charge is 0.119 e. The summed E-state index contributed by atoms with van der Waals surface area (Å²) in [5.41, 5.74) is 0.973. The largest absolute Gasteiger partial charge is 0.497 e. The van der Waals surface area contributed by atoms with Gasteiger partial charge in [0.1, 0.15) is 5.75 Å². The Labute approximate surface area is 66.2 Å². The van der Waals surface area contributed by atoms with Gasteiger partial charge in [0, 0.05) is 17.1 Å². The van der Waals surface area contributed by atoms with Crippen LogP contribution in [0.15, 0.2) is 30.4 Å². The van der Waals surface area contributed by atoms with Crippen LogP contribution in [-0.4, -0.2) is 12.1 Å². The average molecular weight is 148 g/mol. The molecule has 0 radical (unpaired) electrons. The summed E-state index contributed by atoms with van der Waals surface area (Å²) >= 11 is 0. The molecule has 1 heterocycles. The quantitative estimate of drug-likeness (QED) is 0.658. The summed E-state index contributed by atoms with van der Waals surface area (Å²) in [4.78, 5) is 3.00. The molecule has 2 aromatic rings. The fourth-order valence-corrected chi connectivity index (χ4v) is 1.09. The maximum Gasteiger partial charge on any atom is 0.119 e. The molecule has 0 unspecified atom stereocenters. The van der Waals surface area contributed by atoms with Gasteiger partial charge in [0.2, 0.25) is 0 Å². The summed E-state index contributed by atoms with van der Waals surface area (Å²) in [6, 6.07) is 6.14. The topological polar surface area (TPSA) is 25.0 Å². The number of rotatable bonds is 1. The highest BCUT2D eigenvalue weighted by atomic mass is 16.5. The fourth-order valence-electron chi connectivity index (χ4n) is 1.09. The Bertz CT molecular complexity index is 408. The molecule has 0 aliphatic rings. The summed E-state index contributed by atoms with van der Waals surface area (Å²) < 4.78 is 12.6. The van der Waals surface area contributed by atoms with Gasteiger partial charge in [0.15, 0.2) is 0 Å². The Morgan fingerprint density at radius 3 is 3.27 bits per heavy atom. The van der Waals surface area contributed by atoms with E-state index in [1.807, 2.05) is 18.2 Å². The predicted octanol–water partition coefficient (Wildman–Crippen LogP) is 2.18. The highest BCUT2D eigenvalue weighted by Gasteiger charge is 1.94. The summed E-state index contributed by atoms with van der Waals surface area (Å²) in [5, 5.41) is 0.898. The van der Waals surface area contributed by atoms with Crippen molar-refractivity contribution in [1.29, 1.82) is 0 Å². The molecule has 0 fully saturated rings. The number of aromatic nitrogens is 1. The lowest BCUT2D eigenvalue weighted by Crippen LogP contribution is -1.80. The molecule has 0 spiro atoms. The average Bonchev–Trinajstić information content (AvgIpc) is 2.47. The van der Waals surface area contributed by atoms with Gasteiger partial charge in [-0.2, -0.15) is 0 Å². The van der Waals surface area contributed by atoms with Crippen LogP contribution >= 0.6 is 0 Å². The van der Waals surface area contributed by atoms with E-state index in [0.29, 0.717) is 6.04 Å². The predicted molar refractivity (Wildman–Crippen MR) is 44.9 cm³/mol. The SMILES string of the molecule is [2H]c1c[nH]c2ccc(OC)cc12. The fraction of sp³-hybridized carbons (Fsp3) is 0.111. The minimum Gasteiger partial charge on any atom is -0.497 e. The maximum atomic E-state index is 7.53. The summed E-state index contributed by atoms with van der Waals surface area (Å²) in [7, 11) is 1.62. The van der Waals surface area contributed by atoms with Gasteiger partial charge < -0.3 is 9.72 Å². The van der Waals surface area contributed by atoms with Crippen LogP contribution in [0.5, 0.6) is 5.75 Å². The molecule has 0 bridgehead atoms. The van der Waals surface area contributed by atoms with Crippen LogP contribution in [-0.2, 0) is 0 Å². The molecular weight excluding hydrogens is 138 g/mol. The van der Waals surface area contributed by atoms with E-state index in [0.717, 1.165) is 16.7 Å². The van der Waals surface area contributed by atoms with Crippen molar-refractivity contribution in [3.63, 3.8) is 0 Å². The van der Waals surface area contributed by atoms with Gasteiger partial charge in [-0.1, -0.05) is 0 Å². The maximum absolute atomic E-state index is 7.53. The summed E-state index contributed by atoms with van der Waals surface area (Å²) in [6.07, 6.45) is 1.67. The molecule has 0 atom stereocenters. The van der Waals surface area contributed by atoms with Gasteiger partial charge in [0.25, 0.3) is 0 Å². The number of benzene rings is 1. The molecule has 2 rings (SSSR count). The molecule has 2 nitrogen and oxygen atoms in total. The molecule has 0 saturated heterocycles. The van der Waals surface area contributed by atoms with Crippen LogP contribution in [0.2, 0.25) is 0 Å². The standard InChI is InChI=1S/C9H9NO/c1-11-8-2-3-9-7(6-8)4-5-10-9/h2-6,10H,1H3/i4D. The van der Waals surface area contributed by atoms with Crippen LogP contribution in [0.1, 0.15) is 1.37 Å². The van der Waals surface area contributed by atoms with Gasteiger partial charge in [-0.25, -0.2) is 0 Å². The molecule has 0 aliphatic carbocycles. The van der Waals surface area contributed by atoms with Gasteiger partial charge >= 0.3 is 0 Å². The van der Waals surface area contributed by atoms with E-state index in [4.69, 9.17) is 6.11 Å². The highest BCUT2D eigenvalue weighted by molar-refractivity contribution is 5.80. The summed E-state index contributed by atoms with van der Waals surface area (Å²) in [5.74, 6) is 0.788. The minimum absolute atomic E-state index is 0.504. The number of aromatic amines is 1. The third-order valence-electron chi connectivity index (χ3n) is 1.68. The van der Waals surface area contributed by atoms with Crippen molar-refractivity contribution in [2.24, 2.45) is 0 Å². The van der Waals surface area contributed by atoms with Crippen LogP contribution in [0.25, 0.3) is 10.9 Å². The van der Waals surface area contributed by atoms with E-state index in [1.54, 1.807) is 13.3 Å². The molecule has 0 aliphatic heterocycles. The van der Waals surface area contributed by atoms with Crippen molar-refractivity contribution in [1.82, 2.24) is 4.98 Å². The Balaban J connectivity index is 2.71. The second-order valence-electron chi connectivity index (χ2n) is 2.34. The Morgan fingerprint density at radius 2 is 2.45 bits per heavy atom. The normalized spacial score (nSPS) is 11.5. The van der Waals surface area contributed by atoms with E-state index in [9.17, 15) is 0 Å². The molecule has 1 aromatic heterocycles. The molecule has 1 aromatic carbocycles. The zero-order valence-corrected chi connectivity index (χ0v) is 6.22. The van der Waals surface area contributed by atoms with Crippen LogP contribution < -0.4 is 4.74 Å². The Hall–Kier alpha value is -1.44. The first-order chi connectivity index (χ1) is 5.81. The first-order valence-corrected chi connectivity index (χ1v) is 3.43. The molecule has 56 valence electrons. The second-order valence-corrected chi connectivity index (χ2v) is 2.34. The highest BCUT2D eigenvalue weighted by Crippen LogP contribution is 2.18. The number of hydrogen-bond acceptors (Lipinski definition) is 1.